The Bertz CT molecular complexity index is 369. The van der Waals surface area contributed by atoms with Crippen molar-refractivity contribution < 1.29 is 13.9 Å². The van der Waals surface area contributed by atoms with Crippen LogP contribution in [0.15, 0.2) is 16.6 Å². The fourth-order valence-electron chi connectivity index (χ4n) is 1.71. The predicted octanol–water partition coefficient (Wildman–Crippen LogP) is 4.73. The minimum Gasteiger partial charge on any atom is -0.388 e. The van der Waals surface area contributed by atoms with E-state index in [1.807, 2.05) is 0 Å². The van der Waals surface area contributed by atoms with Crippen LogP contribution in [-0.2, 0) is 0 Å². The molecule has 0 aliphatic heterocycles. The Morgan fingerprint density at radius 3 is 2.53 bits per heavy atom. The van der Waals surface area contributed by atoms with Crippen molar-refractivity contribution in [3.63, 3.8) is 0 Å². The van der Waals surface area contributed by atoms with E-state index in [1.54, 1.807) is 0 Å². The highest BCUT2D eigenvalue weighted by Crippen LogP contribution is 2.27. The number of halogens is 3. The normalized spacial score (nSPS) is 12.8. The first-order chi connectivity index (χ1) is 8.06. The van der Waals surface area contributed by atoms with Crippen molar-refractivity contribution in [2.45, 2.75) is 45.1 Å². The second-order valence-corrected chi connectivity index (χ2v) is 5.01. The van der Waals surface area contributed by atoms with E-state index in [4.69, 9.17) is 0 Å². The van der Waals surface area contributed by atoms with Gasteiger partial charge in [-0.3, -0.25) is 0 Å². The van der Waals surface area contributed by atoms with Gasteiger partial charge in [-0.25, -0.2) is 8.78 Å². The van der Waals surface area contributed by atoms with E-state index in [0.717, 1.165) is 37.8 Å². The van der Waals surface area contributed by atoms with Gasteiger partial charge in [-0.15, -0.1) is 0 Å². The molecule has 0 bridgehead atoms. The topological polar surface area (TPSA) is 20.2 Å². The van der Waals surface area contributed by atoms with Gasteiger partial charge in [-0.1, -0.05) is 32.6 Å². The molecular weight excluding hydrogens is 290 g/mol. The standard InChI is InChI=1S/C13H17BrF2O/c1-2-3-4-5-6-13(17)9-7-12(16)10(14)8-11(9)15/h7-8,13,17H,2-6H2,1H3. The maximum Gasteiger partial charge on any atom is 0.137 e. The first-order valence-electron chi connectivity index (χ1n) is 5.88. The molecular formula is C13H17BrF2O. The molecule has 0 amide bonds. The smallest absolute Gasteiger partial charge is 0.137 e. The summed E-state index contributed by atoms with van der Waals surface area (Å²) in [6, 6.07) is 2.11. The van der Waals surface area contributed by atoms with Crippen LogP contribution in [0.2, 0.25) is 0 Å². The summed E-state index contributed by atoms with van der Waals surface area (Å²) in [5.74, 6) is -1.12. The van der Waals surface area contributed by atoms with Gasteiger partial charge in [0.2, 0.25) is 0 Å². The average Bonchev–Trinajstić information content (AvgIpc) is 2.29. The van der Waals surface area contributed by atoms with E-state index >= 15 is 0 Å². The zero-order valence-corrected chi connectivity index (χ0v) is 11.4. The molecule has 0 aliphatic carbocycles. The van der Waals surface area contributed by atoms with Crippen molar-refractivity contribution in [1.29, 1.82) is 0 Å². The Morgan fingerprint density at radius 1 is 1.18 bits per heavy atom. The number of aliphatic hydroxyl groups is 1. The largest absolute Gasteiger partial charge is 0.388 e. The maximum atomic E-state index is 13.5. The van der Waals surface area contributed by atoms with E-state index in [0.29, 0.717) is 6.42 Å². The maximum absolute atomic E-state index is 13.5. The fraction of sp³-hybridized carbons (Fsp3) is 0.538. The van der Waals surface area contributed by atoms with Crippen LogP contribution in [0.4, 0.5) is 8.78 Å². The Morgan fingerprint density at radius 2 is 1.88 bits per heavy atom. The molecule has 1 nitrogen and oxygen atoms in total. The third-order valence-corrected chi connectivity index (χ3v) is 3.34. The number of hydrogen-bond acceptors (Lipinski definition) is 1. The molecule has 1 rings (SSSR count). The molecule has 0 fully saturated rings. The Kier molecular flexibility index (Phi) is 6.06. The van der Waals surface area contributed by atoms with Gasteiger partial charge in [0.25, 0.3) is 0 Å². The summed E-state index contributed by atoms with van der Waals surface area (Å²) in [6.07, 6.45) is 3.59. The summed E-state index contributed by atoms with van der Waals surface area (Å²) in [4.78, 5) is 0. The summed E-state index contributed by atoms with van der Waals surface area (Å²) >= 11 is 2.91. The first-order valence-corrected chi connectivity index (χ1v) is 6.68. The Labute approximate surface area is 109 Å². The SMILES string of the molecule is CCCCCCC(O)c1cc(F)c(Br)cc1F. The number of rotatable bonds is 6. The lowest BCUT2D eigenvalue weighted by Crippen LogP contribution is -2.02. The number of unbranched alkanes of at least 4 members (excludes halogenated alkanes) is 3. The zero-order valence-electron chi connectivity index (χ0n) is 9.85. The van der Waals surface area contributed by atoms with E-state index in [2.05, 4.69) is 22.9 Å². The highest BCUT2D eigenvalue weighted by atomic mass is 79.9. The predicted molar refractivity (Wildman–Crippen MR) is 67.8 cm³/mol. The second-order valence-electron chi connectivity index (χ2n) is 4.15. The molecule has 0 radical (unpaired) electrons. The molecule has 1 aromatic rings. The Balaban J connectivity index is 2.62. The van der Waals surface area contributed by atoms with Crippen LogP contribution >= 0.6 is 15.9 Å². The van der Waals surface area contributed by atoms with Gasteiger partial charge in [0.15, 0.2) is 0 Å². The van der Waals surface area contributed by atoms with Gasteiger partial charge in [0.05, 0.1) is 10.6 Å². The van der Waals surface area contributed by atoms with Crippen LogP contribution in [0.1, 0.15) is 50.7 Å². The molecule has 0 saturated heterocycles. The summed E-state index contributed by atoms with van der Waals surface area (Å²) in [7, 11) is 0. The molecule has 1 unspecified atom stereocenters. The van der Waals surface area contributed by atoms with Crippen LogP contribution in [0, 0.1) is 11.6 Å². The Hall–Kier alpha value is -0.480. The molecule has 0 aromatic heterocycles. The van der Waals surface area contributed by atoms with E-state index in [-0.39, 0.29) is 10.0 Å². The van der Waals surface area contributed by atoms with E-state index < -0.39 is 17.7 Å². The second kappa shape index (κ2) is 7.07. The lowest BCUT2D eigenvalue weighted by atomic mass is 10.0. The third-order valence-electron chi connectivity index (χ3n) is 2.73. The molecule has 1 N–H and O–H groups in total. The van der Waals surface area contributed by atoms with E-state index in [1.165, 1.54) is 0 Å². The monoisotopic (exact) mass is 306 g/mol. The molecule has 4 heteroatoms. The lowest BCUT2D eigenvalue weighted by Gasteiger charge is -2.12. The van der Waals surface area contributed by atoms with Gasteiger partial charge in [0.1, 0.15) is 11.6 Å². The summed E-state index contributed by atoms with van der Waals surface area (Å²) < 4.78 is 26.8. The summed E-state index contributed by atoms with van der Waals surface area (Å²) in [5, 5.41) is 9.79. The number of hydrogen-bond donors (Lipinski definition) is 1. The first kappa shape index (κ1) is 14.6. The van der Waals surface area contributed by atoms with Gasteiger partial charge in [-0.2, -0.15) is 0 Å². The zero-order chi connectivity index (χ0) is 12.8. The van der Waals surface area contributed by atoms with Crippen LogP contribution in [0.5, 0.6) is 0 Å². The van der Waals surface area contributed by atoms with Crippen molar-refractivity contribution in [2.24, 2.45) is 0 Å². The van der Waals surface area contributed by atoms with Crippen LogP contribution in [0.3, 0.4) is 0 Å². The van der Waals surface area contributed by atoms with Crippen molar-refractivity contribution in [3.8, 4) is 0 Å². The highest BCUT2D eigenvalue weighted by Gasteiger charge is 2.15. The van der Waals surface area contributed by atoms with Crippen molar-refractivity contribution in [3.05, 3.63) is 33.8 Å². The highest BCUT2D eigenvalue weighted by molar-refractivity contribution is 9.10. The molecule has 0 heterocycles. The van der Waals surface area contributed by atoms with Crippen LogP contribution in [-0.4, -0.2) is 5.11 Å². The molecule has 0 spiro atoms. The van der Waals surface area contributed by atoms with Crippen molar-refractivity contribution in [2.75, 3.05) is 0 Å². The summed E-state index contributed by atoms with van der Waals surface area (Å²) in [6.45, 7) is 2.10. The lowest BCUT2D eigenvalue weighted by molar-refractivity contribution is 0.158. The molecule has 1 atom stereocenters. The minimum atomic E-state index is -0.922. The third kappa shape index (κ3) is 4.36. The minimum absolute atomic E-state index is 0.0437. The van der Waals surface area contributed by atoms with Crippen molar-refractivity contribution >= 4 is 15.9 Å². The molecule has 1 aromatic carbocycles. The number of aliphatic hydroxyl groups excluding tert-OH is 1. The quantitative estimate of drug-likeness (QED) is 0.595. The molecule has 96 valence electrons. The van der Waals surface area contributed by atoms with Gasteiger partial charge >= 0.3 is 0 Å². The summed E-state index contributed by atoms with van der Waals surface area (Å²) in [5.41, 5.74) is 0.0437. The average molecular weight is 307 g/mol. The molecule has 17 heavy (non-hydrogen) atoms. The molecule has 0 aliphatic rings. The molecule has 0 saturated carbocycles. The number of benzene rings is 1. The van der Waals surface area contributed by atoms with Crippen LogP contribution in [0.25, 0.3) is 0 Å². The van der Waals surface area contributed by atoms with Gasteiger partial charge < -0.3 is 5.11 Å². The van der Waals surface area contributed by atoms with E-state index in [9.17, 15) is 13.9 Å². The van der Waals surface area contributed by atoms with Gasteiger partial charge in [-0.05, 0) is 34.5 Å². The fourth-order valence-corrected chi connectivity index (χ4v) is 2.03. The van der Waals surface area contributed by atoms with Gasteiger partial charge in [0, 0.05) is 5.56 Å². The van der Waals surface area contributed by atoms with Crippen molar-refractivity contribution in [1.82, 2.24) is 0 Å². The van der Waals surface area contributed by atoms with Crippen LogP contribution < -0.4 is 0 Å².